The van der Waals surface area contributed by atoms with Gasteiger partial charge in [-0.15, -0.1) is 0 Å². The summed E-state index contributed by atoms with van der Waals surface area (Å²) in [5, 5.41) is 5.32. The molecule has 2 aliphatic rings. The Morgan fingerprint density at radius 2 is 1.75 bits per heavy atom. The molecule has 0 amide bonds. The second-order valence-corrected chi connectivity index (χ2v) is 7.32. The van der Waals surface area contributed by atoms with Gasteiger partial charge in [0.15, 0.2) is 0 Å². The Bertz CT molecular complexity index is 460. The lowest BCUT2D eigenvalue weighted by atomic mass is 9.74. The molecule has 0 unspecified atom stereocenters. The molecule has 0 bridgehead atoms. The molecule has 3 rings (SSSR count). The summed E-state index contributed by atoms with van der Waals surface area (Å²) in [6.45, 7) is 1.07. The molecule has 1 nitrogen and oxygen atoms in total. The van der Waals surface area contributed by atoms with Gasteiger partial charge in [0.05, 0.1) is 0 Å². The zero-order valence-corrected chi connectivity index (χ0v) is 13.4. The van der Waals surface area contributed by atoms with Crippen molar-refractivity contribution >= 4 is 23.2 Å². The number of hydrogen-bond donors (Lipinski definition) is 1. The van der Waals surface area contributed by atoms with E-state index in [0.29, 0.717) is 0 Å². The summed E-state index contributed by atoms with van der Waals surface area (Å²) in [4.78, 5) is 0. The normalized spacial score (nSPS) is 22.5. The van der Waals surface area contributed by atoms with Crippen molar-refractivity contribution in [3.63, 3.8) is 0 Å². The Morgan fingerprint density at radius 3 is 2.35 bits per heavy atom. The first kappa shape index (κ1) is 14.7. The van der Waals surface area contributed by atoms with E-state index < -0.39 is 0 Å². The zero-order valence-electron chi connectivity index (χ0n) is 11.9. The maximum atomic E-state index is 6.52. The lowest BCUT2D eigenvalue weighted by Crippen LogP contribution is -2.39. The standard InChI is InChI=1S/C17H23Cl2N/c18-13-5-8-15(16(19)11-13)17(12-20-14-6-7-14)9-3-1-2-4-10-17/h5,8,11,14,20H,1-4,6-7,9-10,12H2. The van der Waals surface area contributed by atoms with E-state index in [1.165, 1.54) is 56.9 Å². The molecule has 3 heteroatoms. The number of benzene rings is 1. The van der Waals surface area contributed by atoms with Gasteiger partial charge in [0.1, 0.15) is 0 Å². The van der Waals surface area contributed by atoms with Gasteiger partial charge in [0.25, 0.3) is 0 Å². The summed E-state index contributed by atoms with van der Waals surface area (Å²) in [5.74, 6) is 0. The van der Waals surface area contributed by atoms with Crippen LogP contribution in [0.5, 0.6) is 0 Å². The van der Waals surface area contributed by atoms with Crippen LogP contribution in [0.4, 0.5) is 0 Å². The van der Waals surface area contributed by atoms with E-state index in [2.05, 4.69) is 11.4 Å². The van der Waals surface area contributed by atoms with E-state index >= 15 is 0 Å². The minimum atomic E-state index is 0.209. The summed E-state index contributed by atoms with van der Waals surface area (Å²) < 4.78 is 0. The van der Waals surface area contributed by atoms with Crippen LogP contribution in [0.2, 0.25) is 10.0 Å². The molecule has 0 atom stereocenters. The molecule has 1 N–H and O–H groups in total. The molecule has 0 aliphatic heterocycles. The van der Waals surface area contributed by atoms with Crippen LogP contribution in [0.3, 0.4) is 0 Å². The van der Waals surface area contributed by atoms with Crippen molar-refractivity contribution in [1.29, 1.82) is 0 Å². The SMILES string of the molecule is Clc1ccc(C2(CNC3CC3)CCCCCC2)c(Cl)c1. The molecule has 2 fully saturated rings. The van der Waals surface area contributed by atoms with Crippen LogP contribution in [-0.4, -0.2) is 12.6 Å². The maximum absolute atomic E-state index is 6.52. The van der Waals surface area contributed by atoms with Crippen molar-refractivity contribution in [3.05, 3.63) is 33.8 Å². The van der Waals surface area contributed by atoms with Gasteiger partial charge in [-0.1, -0.05) is 55.0 Å². The van der Waals surface area contributed by atoms with Crippen molar-refractivity contribution in [1.82, 2.24) is 5.32 Å². The predicted molar refractivity (Wildman–Crippen MR) is 86.9 cm³/mol. The molecule has 0 heterocycles. The van der Waals surface area contributed by atoms with Crippen LogP contribution in [0.1, 0.15) is 56.9 Å². The van der Waals surface area contributed by atoms with Gasteiger partial charge in [-0.3, -0.25) is 0 Å². The topological polar surface area (TPSA) is 12.0 Å². The van der Waals surface area contributed by atoms with Gasteiger partial charge in [-0.2, -0.15) is 0 Å². The van der Waals surface area contributed by atoms with Gasteiger partial charge >= 0.3 is 0 Å². The largest absolute Gasteiger partial charge is 0.313 e. The van der Waals surface area contributed by atoms with E-state index in [9.17, 15) is 0 Å². The molecule has 1 aromatic rings. The fourth-order valence-corrected chi connectivity index (χ4v) is 4.10. The van der Waals surface area contributed by atoms with Gasteiger partial charge in [0, 0.05) is 28.0 Å². The summed E-state index contributed by atoms with van der Waals surface area (Å²) in [7, 11) is 0. The first-order valence-corrected chi connectivity index (χ1v) is 8.64. The van der Waals surface area contributed by atoms with Crippen molar-refractivity contribution in [2.75, 3.05) is 6.54 Å². The van der Waals surface area contributed by atoms with Crippen LogP contribution >= 0.6 is 23.2 Å². The third-order valence-electron chi connectivity index (χ3n) is 4.87. The van der Waals surface area contributed by atoms with Crippen LogP contribution < -0.4 is 5.32 Å². The first-order chi connectivity index (χ1) is 9.70. The minimum Gasteiger partial charge on any atom is -0.313 e. The quantitative estimate of drug-likeness (QED) is 0.740. The third-order valence-corrected chi connectivity index (χ3v) is 5.42. The number of rotatable bonds is 4. The Kier molecular flexibility index (Phi) is 4.59. The lowest BCUT2D eigenvalue weighted by molar-refractivity contribution is 0.346. The highest BCUT2D eigenvalue weighted by Crippen LogP contribution is 2.42. The highest BCUT2D eigenvalue weighted by molar-refractivity contribution is 6.35. The fourth-order valence-electron chi connectivity index (χ4n) is 3.49. The molecule has 0 aromatic heterocycles. The van der Waals surface area contributed by atoms with Crippen LogP contribution in [0.25, 0.3) is 0 Å². The van der Waals surface area contributed by atoms with Gasteiger partial charge < -0.3 is 5.32 Å². The van der Waals surface area contributed by atoms with E-state index in [1.807, 2.05) is 12.1 Å². The predicted octanol–water partition coefficient (Wildman–Crippen LogP) is 5.34. The van der Waals surface area contributed by atoms with Crippen molar-refractivity contribution < 1.29 is 0 Å². The minimum absolute atomic E-state index is 0.209. The zero-order chi connectivity index (χ0) is 14.0. The van der Waals surface area contributed by atoms with E-state index in [1.54, 1.807) is 0 Å². The Morgan fingerprint density at radius 1 is 1.05 bits per heavy atom. The highest BCUT2D eigenvalue weighted by Gasteiger charge is 2.36. The Balaban J connectivity index is 1.89. The summed E-state index contributed by atoms with van der Waals surface area (Å²) in [6.07, 6.45) is 10.5. The molecular formula is C17H23Cl2N. The monoisotopic (exact) mass is 311 g/mol. The molecule has 0 spiro atoms. The lowest BCUT2D eigenvalue weighted by Gasteiger charge is -2.35. The van der Waals surface area contributed by atoms with Crippen LogP contribution in [0, 0.1) is 0 Å². The number of halogens is 2. The van der Waals surface area contributed by atoms with Crippen LogP contribution in [0.15, 0.2) is 18.2 Å². The van der Waals surface area contributed by atoms with Crippen LogP contribution in [-0.2, 0) is 5.41 Å². The van der Waals surface area contributed by atoms with Crippen molar-refractivity contribution in [2.24, 2.45) is 0 Å². The first-order valence-electron chi connectivity index (χ1n) is 7.89. The summed E-state index contributed by atoms with van der Waals surface area (Å²) in [6, 6.07) is 6.81. The van der Waals surface area contributed by atoms with E-state index in [4.69, 9.17) is 23.2 Å². The molecule has 0 saturated heterocycles. The fraction of sp³-hybridized carbons (Fsp3) is 0.647. The second kappa shape index (κ2) is 6.25. The average molecular weight is 312 g/mol. The highest BCUT2D eigenvalue weighted by atomic mass is 35.5. The van der Waals surface area contributed by atoms with Gasteiger partial charge in [-0.05, 0) is 43.4 Å². The Labute approximate surface area is 132 Å². The Hall–Kier alpha value is -0.240. The number of hydrogen-bond acceptors (Lipinski definition) is 1. The number of nitrogens with one attached hydrogen (secondary N) is 1. The van der Waals surface area contributed by atoms with Gasteiger partial charge in [-0.25, -0.2) is 0 Å². The molecule has 110 valence electrons. The van der Waals surface area contributed by atoms with Crippen molar-refractivity contribution in [2.45, 2.75) is 62.8 Å². The summed E-state index contributed by atoms with van der Waals surface area (Å²) in [5.41, 5.74) is 1.51. The molecule has 2 aliphatic carbocycles. The van der Waals surface area contributed by atoms with Crippen molar-refractivity contribution in [3.8, 4) is 0 Å². The maximum Gasteiger partial charge on any atom is 0.0458 e. The summed E-state index contributed by atoms with van der Waals surface area (Å²) >= 11 is 12.6. The smallest absolute Gasteiger partial charge is 0.0458 e. The molecular weight excluding hydrogens is 289 g/mol. The second-order valence-electron chi connectivity index (χ2n) is 6.47. The molecule has 2 saturated carbocycles. The van der Waals surface area contributed by atoms with E-state index in [0.717, 1.165) is 22.6 Å². The average Bonchev–Trinajstić information content (AvgIpc) is 3.24. The third kappa shape index (κ3) is 3.32. The van der Waals surface area contributed by atoms with Gasteiger partial charge in [0.2, 0.25) is 0 Å². The van der Waals surface area contributed by atoms with E-state index in [-0.39, 0.29) is 5.41 Å². The molecule has 0 radical (unpaired) electrons. The molecule has 20 heavy (non-hydrogen) atoms. The molecule has 1 aromatic carbocycles.